The van der Waals surface area contributed by atoms with Crippen LogP contribution < -0.4 is 10.1 Å². The summed E-state index contributed by atoms with van der Waals surface area (Å²) in [4.78, 5) is 12.0. The van der Waals surface area contributed by atoms with Crippen LogP contribution in [0.25, 0.3) is 0 Å². The van der Waals surface area contributed by atoms with Gasteiger partial charge in [0.15, 0.2) is 6.61 Å². The van der Waals surface area contributed by atoms with E-state index >= 15 is 0 Å². The van der Waals surface area contributed by atoms with E-state index in [9.17, 15) is 4.79 Å². The monoisotopic (exact) mass is 363 g/mol. The first kappa shape index (κ1) is 15.1. The molecule has 2 aromatic rings. The van der Waals surface area contributed by atoms with E-state index < -0.39 is 0 Å². The lowest BCUT2D eigenvalue weighted by Gasteiger charge is -2.15. The van der Waals surface area contributed by atoms with Gasteiger partial charge in [-0.3, -0.25) is 4.79 Å². The van der Waals surface area contributed by atoms with Crippen LogP contribution in [0, 0.1) is 5.92 Å². The van der Waals surface area contributed by atoms with Gasteiger partial charge in [-0.05, 0) is 43.9 Å². The summed E-state index contributed by atoms with van der Waals surface area (Å²) in [5, 5.41) is 7.18. The Balaban J connectivity index is 1.57. The van der Waals surface area contributed by atoms with E-state index in [-0.39, 0.29) is 12.5 Å². The minimum atomic E-state index is -0.190. The van der Waals surface area contributed by atoms with Gasteiger partial charge in [0, 0.05) is 10.5 Å². The molecule has 1 aliphatic rings. The number of nitrogens with zero attached hydrogens (tertiary/aromatic N) is 2. The van der Waals surface area contributed by atoms with Crippen LogP contribution in [0.4, 0.5) is 5.82 Å². The summed E-state index contributed by atoms with van der Waals surface area (Å²) in [7, 11) is 0. The van der Waals surface area contributed by atoms with Crippen molar-refractivity contribution < 1.29 is 9.53 Å². The molecule has 1 aromatic heterocycles. The summed E-state index contributed by atoms with van der Waals surface area (Å²) >= 11 is 3.37. The normalized spacial score (nSPS) is 15.4. The molecule has 6 heteroatoms. The highest BCUT2D eigenvalue weighted by molar-refractivity contribution is 9.10. The molecule has 0 aliphatic heterocycles. The quantitative estimate of drug-likeness (QED) is 0.852. The van der Waals surface area contributed by atoms with Gasteiger partial charge in [-0.25, -0.2) is 4.68 Å². The summed E-state index contributed by atoms with van der Waals surface area (Å²) in [5.74, 6) is 1.87. The molecule has 5 nitrogen and oxygen atoms in total. The van der Waals surface area contributed by atoms with Crippen LogP contribution in [0.1, 0.15) is 25.8 Å². The molecule has 1 fully saturated rings. The molecule has 0 saturated heterocycles. The fraction of sp³-hybridized carbons (Fsp3) is 0.375. The molecule has 0 bridgehead atoms. The van der Waals surface area contributed by atoms with Crippen molar-refractivity contribution >= 4 is 27.7 Å². The molecule has 1 unspecified atom stereocenters. The Labute approximate surface area is 137 Å². The molecular formula is C16H18BrN3O2. The Morgan fingerprint density at radius 2 is 2.32 bits per heavy atom. The van der Waals surface area contributed by atoms with E-state index in [1.165, 1.54) is 12.8 Å². The van der Waals surface area contributed by atoms with E-state index in [0.29, 0.717) is 17.7 Å². The van der Waals surface area contributed by atoms with Crippen molar-refractivity contribution in [1.29, 1.82) is 0 Å². The highest BCUT2D eigenvalue weighted by Crippen LogP contribution is 2.40. The number of benzene rings is 1. The zero-order valence-electron chi connectivity index (χ0n) is 12.3. The molecule has 1 aromatic carbocycles. The minimum absolute atomic E-state index is 0.0283. The van der Waals surface area contributed by atoms with Gasteiger partial charge in [-0.1, -0.05) is 22.0 Å². The Morgan fingerprint density at radius 3 is 3.05 bits per heavy atom. The van der Waals surface area contributed by atoms with Gasteiger partial charge in [-0.2, -0.15) is 5.10 Å². The number of ether oxygens (including phenoxy) is 1. The van der Waals surface area contributed by atoms with Gasteiger partial charge in [0.2, 0.25) is 0 Å². The first-order chi connectivity index (χ1) is 10.6. The Kier molecular flexibility index (Phi) is 4.47. The van der Waals surface area contributed by atoms with Gasteiger partial charge in [0.05, 0.1) is 12.2 Å². The van der Waals surface area contributed by atoms with Gasteiger partial charge in [0.1, 0.15) is 11.6 Å². The predicted molar refractivity (Wildman–Crippen MR) is 87.9 cm³/mol. The topological polar surface area (TPSA) is 56.2 Å². The zero-order valence-corrected chi connectivity index (χ0v) is 13.9. The van der Waals surface area contributed by atoms with Crippen molar-refractivity contribution in [1.82, 2.24) is 9.78 Å². The molecule has 1 heterocycles. The van der Waals surface area contributed by atoms with Gasteiger partial charge < -0.3 is 10.1 Å². The average Bonchev–Trinajstić information content (AvgIpc) is 3.25. The first-order valence-electron chi connectivity index (χ1n) is 7.35. The van der Waals surface area contributed by atoms with Gasteiger partial charge >= 0.3 is 0 Å². The number of rotatable bonds is 6. The lowest BCUT2D eigenvalue weighted by molar-refractivity contribution is -0.118. The molecular weight excluding hydrogens is 346 g/mol. The number of amides is 1. The largest absolute Gasteiger partial charge is 0.484 e. The van der Waals surface area contributed by atoms with Crippen LogP contribution in [0.5, 0.6) is 5.75 Å². The lowest BCUT2D eigenvalue weighted by atomic mass is 10.2. The van der Waals surface area contributed by atoms with Crippen LogP contribution in [0.15, 0.2) is 41.0 Å². The second-order valence-corrected chi connectivity index (χ2v) is 6.45. The van der Waals surface area contributed by atoms with Crippen molar-refractivity contribution in [3.05, 3.63) is 41.0 Å². The van der Waals surface area contributed by atoms with Crippen LogP contribution in [0.3, 0.4) is 0 Å². The smallest absolute Gasteiger partial charge is 0.263 e. The number of carbonyl (C=O) groups is 1. The summed E-state index contributed by atoms with van der Waals surface area (Å²) in [6.45, 7) is 2.11. The molecule has 3 rings (SSSR count). The zero-order chi connectivity index (χ0) is 15.5. The van der Waals surface area contributed by atoms with Crippen molar-refractivity contribution in [3.63, 3.8) is 0 Å². The number of aromatic nitrogens is 2. The molecule has 116 valence electrons. The van der Waals surface area contributed by atoms with E-state index in [2.05, 4.69) is 33.3 Å². The predicted octanol–water partition coefficient (Wildman–Crippen LogP) is 3.63. The van der Waals surface area contributed by atoms with Gasteiger partial charge in [0.25, 0.3) is 5.91 Å². The van der Waals surface area contributed by atoms with Crippen molar-refractivity contribution in [2.24, 2.45) is 5.92 Å². The summed E-state index contributed by atoms with van der Waals surface area (Å²) in [5.41, 5.74) is 0. The third-order valence-corrected chi connectivity index (χ3v) is 4.29. The minimum Gasteiger partial charge on any atom is -0.484 e. The summed E-state index contributed by atoms with van der Waals surface area (Å²) < 4.78 is 8.29. The third-order valence-electron chi connectivity index (χ3n) is 3.79. The lowest BCUT2D eigenvalue weighted by Crippen LogP contribution is -2.23. The molecule has 1 saturated carbocycles. The maximum Gasteiger partial charge on any atom is 0.263 e. The van der Waals surface area contributed by atoms with Gasteiger partial charge in [-0.15, -0.1) is 0 Å². The molecule has 1 aliphatic carbocycles. The average molecular weight is 364 g/mol. The Hall–Kier alpha value is -1.82. The van der Waals surface area contributed by atoms with E-state index in [4.69, 9.17) is 4.74 Å². The summed E-state index contributed by atoms with van der Waals surface area (Å²) in [6, 6.07) is 9.55. The second kappa shape index (κ2) is 6.52. The van der Waals surface area contributed by atoms with Crippen LogP contribution in [-0.4, -0.2) is 22.3 Å². The Bertz CT molecular complexity index is 667. The standard InChI is InChI=1S/C16H18BrN3O2/c1-11(12-5-6-12)20-15(7-8-18-20)19-16(21)10-22-14-4-2-3-13(17)9-14/h2-4,7-9,11-12H,5-6,10H2,1H3,(H,19,21). The molecule has 1 atom stereocenters. The maximum atomic E-state index is 12.0. The second-order valence-electron chi connectivity index (χ2n) is 5.53. The van der Waals surface area contributed by atoms with E-state index in [1.807, 2.05) is 35.0 Å². The molecule has 22 heavy (non-hydrogen) atoms. The number of anilines is 1. The van der Waals surface area contributed by atoms with Crippen LogP contribution in [-0.2, 0) is 4.79 Å². The SMILES string of the molecule is CC(C1CC1)n1nccc1NC(=O)COc1cccc(Br)c1. The number of carbonyl (C=O) groups excluding carboxylic acids is 1. The number of hydrogen-bond donors (Lipinski definition) is 1. The maximum absolute atomic E-state index is 12.0. The van der Waals surface area contributed by atoms with Crippen molar-refractivity contribution in [3.8, 4) is 5.75 Å². The summed E-state index contributed by atoms with van der Waals surface area (Å²) in [6.07, 6.45) is 4.18. The fourth-order valence-electron chi connectivity index (χ4n) is 2.40. The highest BCUT2D eigenvalue weighted by atomic mass is 79.9. The third kappa shape index (κ3) is 3.68. The molecule has 0 spiro atoms. The van der Waals surface area contributed by atoms with E-state index in [1.54, 1.807) is 6.20 Å². The van der Waals surface area contributed by atoms with Crippen molar-refractivity contribution in [2.45, 2.75) is 25.8 Å². The fourth-order valence-corrected chi connectivity index (χ4v) is 2.78. The highest BCUT2D eigenvalue weighted by Gasteiger charge is 2.30. The van der Waals surface area contributed by atoms with Crippen molar-refractivity contribution in [2.75, 3.05) is 11.9 Å². The first-order valence-corrected chi connectivity index (χ1v) is 8.14. The number of nitrogens with one attached hydrogen (secondary N) is 1. The Morgan fingerprint density at radius 1 is 1.50 bits per heavy atom. The van der Waals surface area contributed by atoms with Crippen LogP contribution in [0.2, 0.25) is 0 Å². The van der Waals surface area contributed by atoms with E-state index in [0.717, 1.165) is 10.3 Å². The number of halogens is 1. The van der Waals surface area contributed by atoms with Crippen LogP contribution >= 0.6 is 15.9 Å². The number of hydrogen-bond acceptors (Lipinski definition) is 3. The molecule has 1 amide bonds. The molecule has 0 radical (unpaired) electrons. The molecule has 1 N–H and O–H groups in total.